The van der Waals surface area contributed by atoms with Gasteiger partial charge in [0, 0.05) is 4.47 Å². The monoisotopic (exact) mass is 305 g/mol. The van der Waals surface area contributed by atoms with Crippen molar-refractivity contribution < 1.29 is 13.9 Å². The van der Waals surface area contributed by atoms with Crippen molar-refractivity contribution in [2.45, 2.75) is 30.7 Å². The molecule has 0 spiro atoms. The van der Waals surface area contributed by atoms with Crippen LogP contribution in [0.2, 0.25) is 0 Å². The van der Waals surface area contributed by atoms with Crippen LogP contribution in [0.15, 0.2) is 22.7 Å². The minimum Gasteiger partial charge on any atom is -0.390 e. The second-order valence-corrected chi connectivity index (χ2v) is 5.40. The van der Waals surface area contributed by atoms with Gasteiger partial charge in [0.15, 0.2) is 0 Å². The summed E-state index contributed by atoms with van der Waals surface area (Å²) in [5.74, 6) is -3.30. The first-order valence-electron chi connectivity index (χ1n) is 5.47. The largest absolute Gasteiger partial charge is 0.390 e. The number of alkyl halides is 2. The summed E-state index contributed by atoms with van der Waals surface area (Å²) in [4.78, 5) is 0. The van der Waals surface area contributed by atoms with Gasteiger partial charge in [-0.15, -0.1) is 0 Å². The number of fused-ring (bicyclic) bond motifs is 1. The third kappa shape index (κ3) is 2.00. The molecule has 0 aliphatic heterocycles. The maximum atomic E-state index is 13.8. The van der Waals surface area contributed by atoms with Crippen molar-refractivity contribution in [3.05, 3.63) is 33.8 Å². The zero-order valence-electron chi connectivity index (χ0n) is 9.22. The number of nitrogens with two attached hydrogens (primary N) is 1. The lowest BCUT2D eigenvalue weighted by atomic mass is 9.73. The van der Waals surface area contributed by atoms with E-state index in [-0.39, 0.29) is 6.42 Å². The Hall–Kier alpha value is -0.520. The summed E-state index contributed by atoms with van der Waals surface area (Å²) in [5.41, 5.74) is 5.42. The van der Waals surface area contributed by atoms with Crippen LogP contribution in [0.25, 0.3) is 0 Å². The molecule has 2 nitrogen and oxygen atoms in total. The Morgan fingerprint density at radius 1 is 1.47 bits per heavy atom. The van der Waals surface area contributed by atoms with Crippen molar-refractivity contribution in [1.29, 1.82) is 0 Å². The van der Waals surface area contributed by atoms with Gasteiger partial charge in [0.1, 0.15) is 12.1 Å². The van der Waals surface area contributed by atoms with Crippen molar-refractivity contribution in [2.24, 2.45) is 5.73 Å². The summed E-state index contributed by atoms with van der Waals surface area (Å²) in [6.07, 6.45) is 1.55. The molecule has 0 amide bonds. The molecule has 1 atom stereocenters. The predicted molar refractivity (Wildman–Crippen MR) is 65.0 cm³/mol. The van der Waals surface area contributed by atoms with Gasteiger partial charge in [-0.2, -0.15) is 0 Å². The molecule has 94 valence electrons. The summed E-state index contributed by atoms with van der Waals surface area (Å²) in [7, 11) is 0. The van der Waals surface area contributed by atoms with E-state index in [0.717, 1.165) is 16.5 Å². The standard InChI is InChI=1S/C12H14BrF2NO/c13-9-4-3-8-2-1-5-11(16,10(8)6-9)12(14,15)7-17/h3-4,6,17H,1-2,5,7,16H2. The minimum atomic E-state index is -3.30. The quantitative estimate of drug-likeness (QED) is 0.882. The summed E-state index contributed by atoms with van der Waals surface area (Å²) in [6.45, 7) is -1.23. The van der Waals surface area contributed by atoms with E-state index >= 15 is 0 Å². The molecule has 3 N–H and O–H groups in total. The number of rotatable bonds is 2. The highest BCUT2D eigenvalue weighted by molar-refractivity contribution is 9.10. The average Bonchev–Trinajstić information content (AvgIpc) is 2.30. The highest BCUT2D eigenvalue weighted by Gasteiger charge is 2.53. The molecule has 1 unspecified atom stereocenters. The van der Waals surface area contributed by atoms with Gasteiger partial charge in [-0.1, -0.05) is 22.0 Å². The minimum absolute atomic E-state index is 0.185. The fourth-order valence-electron chi connectivity index (χ4n) is 2.40. The van der Waals surface area contributed by atoms with Crippen molar-refractivity contribution >= 4 is 15.9 Å². The zero-order valence-corrected chi connectivity index (χ0v) is 10.8. The van der Waals surface area contributed by atoms with E-state index in [2.05, 4.69) is 15.9 Å². The molecule has 2 rings (SSSR count). The van der Waals surface area contributed by atoms with E-state index in [4.69, 9.17) is 10.8 Å². The Labute approximate surface area is 107 Å². The second-order valence-electron chi connectivity index (χ2n) is 4.49. The highest BCUT2D eigenvalue weighted by atomic mass is 79.9. The Bertz CT molecular complexity index is 439. The summed E-state index contributed by atoms with van der Waals surface area (Å²) < 4.78 is 28.4. The number of aliphatic hydroxyl groups is 1. The number of aliphatic hydroxyl groups excluding tert-OH is 1. The predicted octanol–water partition coefficient (Wildman–Crippen LogP) is 2.57. The van der Waals surface area contributed by atoms with E-state index in [1.165, 1.54) is 0 Å². The number of hydrogen-bond donors (Lipinski definition) is 2. The van der Waals surface area contributed by atoms with Crippen LogP contribution < -0.4 is 5.73 Å². The highest BCUT2D eigenvalue weighted by Crippen LogP contribution is 2.44. The summed E-state index contributed by atoms with van der Waals surface area (Å²) in [5, 5.41) is 8.86. The van der Waals surface area contributed by atoms with Crippen LogP contribution in [0.4, 0.5) is 8.78 Å². The number of benzene rings is 1. The van der Waals surface area contributed by atoms with Crippen molar-refractivity contribution in [1.82, 2.24) is 0 Å². The van der Waals surface area contributed by atoms with Crippen LogP contribution in [0.5, 0.6) is 0 Å². The fourth-order valence-corrected chi connectivity index (χ4v) is 2.76. The van der Waals surface area contributed by atoms with Crippen LogP contribution in [0.3, 0.4) is 0 Å². The molecule has 1 aromatic rings. The van der Waals surface area contributed by atoms with Gasteiger partial charge in [-0.3, -0.25) is 0 Å². The topological polar surface area (TPSA) is 46.2 Å². The Balaban J connectivity index is 2.57. The van der Waals surface area contributed by atoms with Gasteiger partial charge >= 0.3 is 0 Å². The molecule has 5 heteroatoms. The van der Waals surface area contributed by atoms with Crippen LogP contribution in [0.1, 0.15) is 24.0 Å². The Morgan fingerprint density at radius 2 is 2.18 bits per heavy atom. The van der Waals surface area contributed by atoms with Gasteiger partial charge in [-0.25, -0.2) is 8.78 Å². The van der Waals surface area contributed by atoms with Gasteiger partial charge < -0.3 is 10.8 Å². The smallest absolute Gasteiger partial charge is 0.292 e. The number of aryl methyl sites for hydroxylation is 1. The molecule has 1 aliphatic carbocycles. The number of halogens is 3. The van der Waals surface area contributed by atoms with Gasteiger partial charge in [0.2, 0.25) is 0 Å². The third-order valence-corrected chi connectivity index (χ3v) is 3.91. The van der Waals surface area contributed by atoms with E-state index in [1.807, 2.05) is 12.1 Å². The molecule has 1 aromatic carbocycles. The first-order valence-corrected chi connectivity index (χ1v) is 6.26. The Morgan fingerprint density at radius 3 is 2.82 bits per heavy atom. The SMILES string of the molecule is NC1(C(F)(F)CO)CCCc2ccc(Br)cc21. The second kappa shape index (κ2) is 4.30. The lowest BCUT2D eigenvalue weighted by molar-refractivity contribution is -0.119. The van der Waals surface area contributed by atoms with Gasteiger partial charge in [0.25, 0.3) is 5.92 Å². The lowest BCUT2D eigenvalue weighted by Crippen LogP contribution is -2.56. The molecular weight excluding hydrogens is 292 g/mol. The average molecular weight is 306 g/mol. The Kier molecular flexibility index (Phi) is 3.27. The summed E-state index contributed by atoms with van der Waals surface area (Å²) in [6, 6.07) is 5.27. The van der Waals surface area contributed by atoms with Crippen LogP contribution in [-0.2, 0) is 12.0 Å². The molecule has 0 aromatic heterocycles. The van der Waals surface area contributed by atoms with E-state index in [1.54, 1.807) is 6.07 Å². The zero-order chi connectivity index (χ0) is 12.7. The normalized spacial score (nSPS) is 24.5. The fraction of sp³-hybridized carbons (Fsp3) is 0.500. The van der Waals surface area contributed by atoms with E-state index in [9.17, 15) is 8.78 Å². The maximum absolute atomic E-state index is 13.8. The molecule has 0 saturated heterocycles. The molecule has 0 saturated carbocycles. The van der Waals surface area contributed by atoms with E-state index < -0.39 is 18.1 Å². The molecule has 0 heterocycles. The molecule has 0 fully saturated rings. The van der Waals surface area contributed by atoms with Gasteiger partial charge in [-0.05, 0) is 42.5 Å². The van der Waals surface area contributed by atoms with Crippen LogP contribution in [0, 0.1) is 0 Å². The maximum Gasteiger partial charge on any atom is 0.292 e. The molecule has 0 radical (unpaired) electrons. The lowest BCUT2D eigenvalue weighted by Gasteiger charge is -2.40. The van der Waals surface area contributed by atoms with Crippen molar-refractivity contribution in [3.8, 4) is 0 Å². The molecular formula is C12H14BrF2NO. The number of hydrogen-bond acceptors (Lipinski definition) is 2. The van der Waals surface area contributed by atoms with Gasteiger partial charge in [0.05, 0.1) is 0 Å². The van der Waals surface area contributed by atoms with Crippen molar-refractivity contribution in [3.63, 3.8) is 0 Å². The van der Waals surface area contributed by atoms with Crippen LogP contribution in [-0.4, -0.2) is 17.6 Å². The van der Waals surface area contributed by atoms with Crippen LogP contribution >= 0.6 is 15.9 Å². The first-order chi connectivity index (χ1) is 7.90. The summed E-state index contributed by atoms with van der Waals surface area (Å²) >= 11 is 3.27. The molecule has 0 bridgehead atoms. The molecule has 1 aliphatic rings. The third-order valence-electron chi connectivity index (χ3n) is 3.42. The van der Waals surface area contributed by atoms with Crippen molar-refractivity contribution in [2.75, 3.05) is 6.61 Å². The molecule has 17 heavy (non-hydrogen) atoms. The first kappa shape index (κ1) is 12.9. The van der Waals surface area contributed by atoms with E-state index in [0.29, 0.717) is 12.0 Å².